The van der Waals surface area contributed by atoms with Crippen molar-refractivity contribution in [2.75, 3.05) is 0 Å². The zero-order chi connectivity index (χ0) is 11.5. The third-order valence-electron chi connectivity index (χ3n) is 2.47. The number of carbonyl (C=O) groups excluding carboxylic acids is 1. The van der Waals surface area contributed by atoms with Crippen LogP contribution in [-0.4, -0.2) is 6.47 Å². The first-order valence-electron chi connectivity index (χ1n) is 4.91. The molecule has 0 bridgehead atoms. The summed E-state index contributed by atoms with van der Waals surface area (Å²) in [5, 5.41) is 0. The minimum absolute atomic E-state index is 0.501. The molecular weight excluding hydrogens is 303 g/mol. The highest BCUT2D eigenvalue weighted by Crippen LogP contribution is 2.26. The average molecular weight is 318 g/mol. The van der Waals surface area contributed by atoms with Crippen LogP contribution in [0.25, 0.3) is 0 Å². The van der Waals surface area contributed by atoms with E-state index in [1.54, 1.807) is 0 Å². The molecule has 0 aliphatic carbocycles. The third-order valence-corrected chi connectivity index (χ3v) is 3.48. The number of ether oxygens (including phenoxy) is 1. The highest BCUT2D eigenvalue weighted by molar-refractivity contribution is 14.1. The topological polar surface area (TPSA) is 26.3 Å². The first-order valence-corrected chi connectivity index (χ1v) is 5.99. The fourth-order valence-corrected chi connectivity index (χ4v) is 2.29. The zero-order valence-electron chi connectivity index (χ0n) is 9.21. The summed E-state index contributed by atoms with van der Waals surface area (Å²) in [6.45, 7) is 6.40. The first-order chi connectivity index (χ1) is 7.01. The number of carbonyl (C=O) groups is 1. The van der Waals surface area contributed by atoms with Crippen LogP contribution in [0.1, 0.15) is 31.9 Å². The molecule has 0 aliphatic heterocycles. The quantitative estimate of drug-likeness (QED) is 0.629. The van der Waals surface area contributed by atoms with E-state index in [2.05, 4.69) is 41.6 Å². The number of rotatable bonds is 4. The second-order valence-corrected chi connectivity index (χ2v) is 5.05. The summed E-state index contributed by atoms with van der Waals surface area (Å²) >= 11 is 2.31. The highest BCUT2D eigenvalue weighted by atomic mass is 127. The van der Waals surface area contributed by atoms with Crippen LogP contribution in [-0.2, 0) is 21.6 Å². The maximum absolute atomic E-state index is 10.4. The van der Waals surface area contributed by atoms with E-state index in [0.29, 0.717) is 6.47 Å². The van der Waals surface area contributed by atoms with Gasteiger partial charge in [0.1, 0.15) is 5.60 Å². The van der Waals surface area contributed by atoms with Gasteiger partial charge >= 0.3 is 0 Å². The van der Waals surface area contributed by atoms with Crippen molar-refractivity contribution in [2.24, 2.45) is 0 Å². The summed E-state index contributed by atoms with van der Waals surface area (Å²) < 4.78 is 6.28. The first kappa shape index (κ1) is 12.5. The summed E-state index contributed by atoms with van der Waals surface area (Å²) in [6, 6.07) is 6.18. The predicted octanol–water partition coefficient (Wildman–Crippen LogP) is 3.26. The highest BCUT2D eigenvalue weighted by Gasteiger charge is 2.22. The Hall–Kier alpha value is -0.580. The van der Waals surface area contributed by atoms with E-state index in [0.717, 1.165) is 12.0 Å². The van der Waals surface area contributed by atoms with Crippen LogP contribution in [0.15, 0.2) is 18.2 Å². The van der Waals surface area contributed by atoms with Gasteiger partial charge in [0, 0.05) is 3.57 Å². The molecule has 0 saturated carbocycles. The Morgan fingerprint density at radius 1 is 1.47 bits per heavy atom. The van der Waals surface area contributed by atoms with Crippen LogP contribution in [0.3, 0.4) is 0 Å². The van der Waals surface area contributed by atoms with Crippen molar-refractivity contribution in [3.05, 3.63) is 32.9 Å². The monoisotopic (exact) mass is 318 g/mol. The summed E-state index contributed by atoms with van der Waals surface area (Å²) in [4.78, 5) is 10.4. The van der Waals surface area contributed by atoms with E-state index < -0.39 is 5.60 Å². The lowest BCUT2D eigenvalue weighted by Gasteiger charge is -2.23. The second kappa shape index (κ2) is 4.96. The number of benzene rings is 1. The van der Waals surface area contributed by atoms with Crippen molar-refractivity contribution in [1.82, 2.24) is 0 Å². The molecule has 0 atom stereocenters. The van der Waals surface area contributed by atoms with E-state index in [1.165, 1.54) is 9.13 Å². The molecule has 82 valence electrons. The molecule has 3 heteroatoms. The molecule has 2 nitrogen and oxygen atoms in total. The summed E-state index contributed by atoms with van der Waals surface area (Å²) in [7, 11) is 0. The van der Waals surface area contributed by atoms with Gasteiger partial charge in [-0.05, 0) is 60.1 Å². The Morgan fingerprint density at radius 2 is 2.13 bits per heavy atom. The van der Waals surface area contributed by atoms with E-state index in [9.17, 15) is 4.79 Å². The molecule has 0 heterocycles. The van der Waals surface area contributed by atoms with Gasteiger partial charge in [0.2, 0.25) is 0 Å². The molecule has 0 saturated heterocycles. The van der Waals surface area contributed by atoms with Crippen molar-refractivity contribution in [1.29, 1.82) is 0 Å². The van der Waals surface area contributed by atoms with Crippen LogP contribution in [0.5, 0.6) is 0 Å². The van der Waals surface area contributed by atoms with Gasteiger partial charge in [0.05, 0.1) is 0 Å². The van der Waals surface area contributed by atoms with E-state index in [4.69, 9.17) is 4.74 Å². The number of hydrogen-bond donors (Lipinski definition) is 0. The molecule has 1 rings (SSSR count). The Labute approximate surface area is 104 Å². The molecule has 1 aromatic rings. The standard InChI is InChI=1S/C12H15IO2/c1-4-9-5-6-10(7-11(9)13)12(2,3)15-8-14/h5-8H,4H2,1-3H3. The molecule has 0 N–H and O–H groups in total. The summed E-state index contributed by atoms with van der Waals surface area (Å²) in [5.74, 6) is 0. The minimum atomic E-state index is -0.548. The SMILES string of the molecule is CCc1ccc(C(C)(C)OC=O)cc1I. The van der Waals surface area contributed by atoms with Crippen LogP contribution in [0.2, 0.25) is 0 Å². The van der Waals surface area contributed by atoms with Gasteiger partial charge in [-0.25, -0.2) is 0 Å². The Balaban J connectivity index is 3.06. The van der Waals surface area contributed by atoms with Gasteiger partial charge in [-0.1, -0.05) is 19.1 Å². The molecule has 0 spiro atoms. The third kappa shape index (κ3) is 2.93. The molecular formula is C12H15IO2. The van der Waals surface area contributed by atoms with Crippen molar-refractivity contribution in [3.63, 3.8) is 0 Å². The number of halogens is 1. The van der Waals surface area contributed by atoms with E-state index in [-0.39, 0.29) is 0 Å². The molecule has 0 fully saturated rings. The normalized spacial score (nSPS) is 11.2. The largest absolute Gasteiger partial charge is 0.457 e. The lowest BCUT2D eigenvalue weighted by molar-refractivity contribution is -0.141. The molecule has 0 unspecified atom stereocenters. The van der Waals surface area contributed by atoms with Gasteiger partial charge in [-0.2, -0.15) is 0 Å². The van der Waals surface area contributed by atoms with E-state index in [1.807, 2.05) is 19.9 Å². The van der Waals surface area contributed by atoms with Gasteiger partial charge in [-0.15, -0.1) is 0 Å². The Morgan fingerprint density at radius 3 is 2.60 bits per heavy atom. The van der Waals surface area contributed by atoms with Crippen LogP contribution in [0.4, 0.5) is 0 Å². The number of aryl methyl sites for hydroxylation is 1. The average Bonchev–Trinajstić information content (AvgIpc) is 2.17. The summed E-state index contributed by atoms with van der Waals surface area (Å²) in [6.07, 6.45) is 1.02. The molecule has 0 aliphatic rings. The maximum Gasteiger partial charge on any atom is 0.293 e. The van der Waals surface area contributed by atoms with Crippen molar-refractivity contribution in [3.8, 4) is 0 Å². The molecule has 15 heavy (non-hydrogen) atoms. The van der Waals surface area contributed by atoms with Crippen molar-refractivity contribution < 1.29 is 9.53 Å². The zero-order valence-corrected chi connectivity index (χ0v) is 11.4. The molecule has 0 radical (unpaired) electrons. The number of hydrogen-bond acceptors (Lipinski definition) is 2. The predicted molar refractivity (Wildman–Crippen MR) is 68.7 cm³/mol. The second-order valence-electron chi connectivity index (χ2n) is 3.88. The Kier molecular flexibility index (Phi) is 4.13. The lowest BCUT2D eigenvalue weighted by Crippen LogP contribution is -2.21. The van der Waals surface area contributed by atoms with Gasteiger partial charge < -0.3 is 4.74 Å². The fourth-order valence-electron chi connectivity index (χ4n) is 1.40. The van der Waals surface area contributed by atoms with Crippen LogP contribution < -0.4 is 0 Å². The maximum atomic E-state index is 10.4. The van der Waals surface area contributed by atoms with E-state index >= 15 is 0 Å². The minimum Gasteiger partial charge on any atom is -0.457 e. The van der Waals surface area contributed by atoms with Crippen LogP contribution in [0, 0.1) is 3.57 Å². The molecule has 1 aromatic carbocycles. The van der Waals surface area contributed by atoms with Gasteiger partial charge in [-0.3, -0.25) is 4.79 Å². The molecule has 0 amide bonds. The van der Waals surface area contributed by atoms with Crippen molar-refractivity contribution >= 4 is 29.1 Å². The van der Waals surface area contributed by atoms with Crippen LogP contribution >= 0.6 is 22.6 Å². The lowest BCUT2D eigenvalue weighted by atomic mass is 9.96. The van der Waals surface area contributed by atoms with Crippen molar-refractivity contribution in [2.45, 2.75) is 32.8 Å². The molecule has 0 aromatic heterocycles. The van der Waals surface area contributed by atoms with Gasteiger partial charge in [0.15, 0.2) is 0 Å². The smallest absolute Gasteiger partial charge is 0.293 e. The van der Waals surface area contributed by atoms with Gasteiger partial charge in [0.25, 0.3) is 6.47 Å². The Bertz CT molecular complexity index is 359. The summed E-state index contributed by atoms with van der Waals surface area (Å²) in [5.41, 5.74) is 1.80. The fraction of sp³-hybridized carbons (Fsp3) is 0.417.